The van der Waals surface area contributed by atoms with Crippen LogP contribution in [0.2, 0.25) is 0 Å². The summed E-state index contributed by atoms with van der Waals surface area (Å²) < 4.78 is 43.1. The van der Waals surface area contributed by atoms with Gasteiger partial charge in [0, 0.05) is 11.8 Å². The smallest absolute Gasteiger partial charge is 0.343 e. The van der Waals surface area contributed by atoms with Gasteiger partial charge in [0.1, 0.15) is 12.6 Å². The standard InChI is InChI=1S/C26H23F3N6O2/c1-15-7-6-9-21-24(15)35(25(37)33(21)14-23(36)32-17(3)26(27,28)29)22-13-30-19(11-16(22)2)18-12-31-34-10-5-4-8-20(18)34/h4-13,17H,14H2,1-3H3,(H,32,36). The number of nitrogens with one attached hydrogen (secondary N) is 1. The molecule has 0 radical (unpaired) electrons. The normalized spacial score (nSPS) is 12.8. The van der Waals surface area contributed by atoms with Crippen molar-refractivity contribution in [2.45, 2.75) is 39.5 Å². The Morgan fingerprint density at radius 2 is 1.81 bits per heavy atom. The van der Waals surface area contributed by atoms with E-state index >= 15 is 0 Å². The minimum Gasteiger partial charge on any atom is -0.343 e. The lowest BCUT2D eigenvalue weighted by atomic mass is 10.1. The van der Waals surface area contributed by atoms with E-state index in [1.54, 1.807) is 29.0 Å². The van der Waals surface area contributed by atoms with Gasteiger partial charge in [-0.15, -0.1) is 0 Å². The highest BCUT2D eigenvalue weighted by Crippen LogP contribution is 2.28. The molecule has 0 fully saturated rings. The maximum absolute atomic E-state index is 13.6. The van der Waals surface area contributed by atoms with Crippen molar-refractivity contribution >= 4 is 22.5 Å². The molecule has 0 bridgehead atoms. The van der Waals surface area contributed by atoms with Gasteiger partial charge in [0.05, 0.1) is 40.3 Å². The molecule has 0 aliphatic rings. The molecular weight excluding hydrogens is 485 g/mol. The van der Waals surface area contributed by atoms with Gasteiger partial charge in [-0.05, 0) is 56.2 Å². The molecule has 8 nitrogen and oxygen atoms in total. The zero-order valence-corrected chi connectivity index (χ0v) is 20.2. The van der Waals surface area contributed by atoms with Gasteiger partial charge >= 0.3 is 11.9 Å². The molecule has 0 saturated heterocycles. The van der Waals surface area contributed by atoms with E-state index in [4.69, 9.17) is 0 Å². The first-order valence-electron chi connectivity index (χ1n) is 11.5. The number of alkyl halides is 3. The number of benzene rings is 1. The van der Waals surface area contributed by atoms with E-state index in [0.29, 0.717) is 22.4 Å². The molecule has 5 aromatic rings. The fourth-order valence-electron chi connectivity index (χ4n) is 4.42. The van der Waals surface area contributed by atoms with Gasteiger partial charge in [-0.2, -0.15) is 18.3 Å². The lowest BCUT2D eigenvalue weighted by Crippen LogP contribution is -2.45. The molecule has 1 atom stereocenters. The monoisotopic (exact) mass is 508 g/mol. The topological polar surface area (TPSA) is 86.2 Å². The highest BCUT2D eigenvalue weighted by atomic mass is 19.4. The minimum atomic E-state index is -4.59. The third-order valence-electron chi connectivity index (χ3n) is 6.35. The van der Waals surface area contributed by atoms with Crippen molar-refractivity contribution in [2.24, 2.45) is 0 Å². The van der Waals surface area contributed by atoms with Crippen LogP contribution in [0.15, 0.2) is 65.8 Å². The summed E-state index contributed by atoms with van der Waals surface area (Å²) in [5.74, 6) is -0.911. The van der Waals surface area contributed by atoms with Crippen molar-refractivity contribution in [3.8, 4) is 16.9 Å². The predicted octanol–water partition coefficient (Wildman–Crippen LogP) is 4.19. The number of para-hydroxylation sites is 1. The van der Waals surface area contributed by atoms with Crippen LogP contribution in [0.1, 0.15) is 18.1 Å². The van der Waals surface area contributed by atoms with Crippen LogP contribution < -0.4 is 11.0 Å². The second kappa shape index (κ2) is 8.91. The number of halogens is 3. The summed E-state index contributed by atoms with van der Waals surface area (Å²) in [7, 11) is 0. The van der Waals surface area contributed by atoms with Crippen LogP contribution in [-0.4, -0.2) is 41.9 Å². The van der Waals surface area contributed by atoms with Crippen LogP contribution in [0.3, 0.4) is 0 Å². The fraction of sp³-hybridized carbons (Fsp3) is 0.231. The highest BCUT2D eigenvalue weighted by molar-refractivity contribution is 5.85. The van der Waals surface area contributed by atoms with Crippen LogP contribution in [0.4, 0.5) is 13.2 Å². The maximum atomic E-state index is 13.6. The molecule has 0 aliphatic carbocycles. The minimum absolute atomic E-state index is 0.436. The molecule has 5 rings (SSSR count). The quantitative estimate of drug-likeness (QED) is 0.386. The first-order valence-corrected chi connectivity index (χ1v) is 11.5. The van der Waals surface area contributed by atoms with E-state index in [1.807, 2.05) is 55.7 Å². The Kier molecular flexibility index (Phi) is 5.85. The van der Waals surface area contributed by atoms with Gasteiger partial charge in [-0.3, -0.25) is 18.9 Å². The molecule has 1 N–H and O–H groups in total. The van der Waals surface area contributed by atoms with E-state index in [0.717, 1.165) is 29.1 Å². The molecule has 1 unspecified atom stereocenters. The number of rotatable bonds is 5. The number of hydrogen-bond donors (Lipinski definition) is 1. The van der Waals surface area contributed by atoms with Crippen LogP contribution in [0, 0.1) is 13.8 Å². The SMILES string of the molecule is Cc1cc(-c2cnn3ccccc23)ncc1-n1c(=O)n(CC(=O)NC(C)C(F)(F)F)c2cccc(C)c21. The number of pyridine rings is 2. The van der Waals surface area contributed by atoms with Crippen molar-refractivity contribution in [1.82, 2.24) is 29.0 Å². The van der Waals surface area contributed by atoms with Crippen molar-refractivity contribution in [2.75, 3.05) is 0 Å². The van der Waals surface area contributed by atoms with Crippen LogP contribution in [0.25, 0.3) is 33.5 Å². The molecule has 4 heterocycles. The summed E-state index contributed by atoms with van der Waals surface area (Å²) in [6, 6.07) is 10.7. The fourth-order valence-corrected chi connectivity index (χ4v) is 4.42. The molecule has 0 spiro atoms. The summed E-state index contributed by atoms with van der Waals surface area (Å²) in [5, 5.41) is 6.27. The molecule has 190 valence electrons. The molecule has 0 saturated carbocycles. The number of aromatic nitrogens is 5. The molecule has 4 aromatic heterocycles. The second-order valence-corrected chi connectivity index (χ2v) is 8.92. The number of hydrogen-bond acceptors (Lipinski definition) is 4. The van der Waals surface area contributed by atoms with Gasteiger partial charge in [0.2, 0.25) is 5.91 Å². The number of aryl methyl sites for hydroxylation is 2. The maximum Gasteiger partial charge on any atom is 0.408 e. The van der Waals surface area contributed by atoms with Gasteiger partial charge in [-0.25, -0.2) is 9.31 Å². The first kappa shape index (κ1) is 24.3. The van der Waals surface area contributed by atoms with E-state index in [2.05, 4.69) is 10.1 Å². The highest BCUT2D eigenvalue weighted by Gasteiger charge is 2.37. The van der Waals surface area contributed by atoms with Gasteiger partial charge in [0.25, 0.3) is 0 Å². The summed E-state index contributed by atoms with van der Waals surface area (Å²) in [6.07, 6.45) is 0.555. The van der Waals surface area contributed by atoms with E-state index in [9.17, 15) is 22.8 Å². The summed E-state index contributed by atoms with van der Waals surface area (Å²) >= 11 is 0. The Bertz CT molecular complexity index is 1710. The van der Waals surface area contributed by atoms with Crippen LogP contribution >= 0.6 is 0 Å². The molecule has 37 heavy (non-hydrogen) atoms. The largest absolute Gasteiger partial charge is 0.408 e. The average Bonchev–Trinajstić information content (AvgIpc) is 3.39. The predicted molar refractivity (Wildman–Crippen MR) is 133 cm³/mol. The van der Waals surface area contributed by atoms with Crippen LogP contribution in [-0.2, 0) is 11.3 Å². The summed E-state index contributed by atoms with van der Waals surface area (Å²) in [4.78, 5) is 30.6. The zero-order chi connectivity index (χ0) is 26.5. The van der Waals surface area contributed by atoms with Crippen molar-refractivity contribution in [3.05, 3.63) is 82.7 Å². The summed E-state index contributed by atoms with van der Waals surface area (Å²) in [5.41, 5.74) is 4.85. The van der Waals surface area contributed by atoms with E-state index in [-0.39, 0.29) is 0 Å². The van der Waals surface area contributed by atoms with Crippen LogP contribution in [0.5, 0.6) is 0 Å². The van der Waals surface area contributed by atoms with E-state index in [1.165, 1.54) is 9.13 Å². The summed E-state index contributed by atoms with van der Waals surface area (Å²) in [6.45, 7) is 3.97. The second-order valence-electron chi connectivity index (χ2n) is 8.92. The third kappa shape index (κ3) is 4.26. The molecule has 1 aromatic carbocycles. The number of fused-ring (bicyclic) bond motifs is 2. The number of imidazole rings is 1. The number of carbonyl (C=O) groups is 1. The number of carbonyl (C=O) groups excluding carboxylic acids is 1. The molecule has 11 heteroatoms. The lowest BCUT2D eigenvalue weighted by molar-refractivity contribution is -0.158. The number of nitrogens with zero attached hydrogens (tertiary/aromatic N) is 5. The van der Waals surface area contributed by atoms with E-state index < -0.39 is 30.4 Å². The Hall–Kier alpha value is -4.41. The molecule has 1 amide bonds. The third-order valence-corrected chi connectivity index (χ3v) is 6.35. The van der Waals surface area contributed by atoms with Crippen molar-refractivity contribution in [1.29, 1.82) is 0 Å². The lowest BCUT2D eigenvalue weighted by Gasteiger charge is -2.17. The number of amides is 1. The zero-order valence-electron chi connectivity index (χ0n) is 20.2. The Labute approximate surface area is 209 Å². The Balaban J connectivity index is 1.59. The van der Waals surface area contributed by atoms with Gasteiger partial charge in [-0.1, -0.05) is 18.2 Å². The molecular formula is C26H23F3N6O2. The Morgan fingerprint density at radius 3 is 2.54 bits per heavy atom. The molecule has 0 aliphatic heterocycles. The first-order chi connectivity index (χ1) is 17.6. The van der Waals surface area contributed by atoms with Gasteiger partial charge in [0.15, 0.2) is 0 Å². The van der Waals surface area contributed by atoms with Crippen molar-refractivity contribution < 1.29 is 18.0 Å². The van der Waals surface area contributed by atoms with Crippen molar-refractivity contribution in [3.63, 3.8) is 0 Å². The van der Waals surface area contributed by atoms with Gasteiger partial charge < -0.3 is 5.32 Å². The average molecular weight is 509 g/mol. The Morgan fingerprint density at radius 1 is 1.05 bits per heavy atom.